The lowest BCUT2D eigenvalue weighted by atomic mass is 10.2. The number of nitrogens with two attached hydrogens (primary N) is 1. The molecule has 0 aliphatic carbocycles. The molecule has 0 atom stereocenters. The number of rotatable bonds is 4. The van der Waals surface area contributed by atoms with Gasteiger partial charge in [0, 0.05) is 26.3 Å². The highest BCUT2D eigenvalue weighted by molar-refractivity contribution is 5.81. The first-order valence-electron chi connectivity index (χ1n) is 7.26. The fourth-order valence-corrected chi connectivity index (χ4v) is 2.61. The van der Waals surface area contributed by atoms with Gasteiger partial charge in [0.2, 0.25) is 0 Å². The van der Waals surface area contributed by atoms with E-state index >= 15 is 0 Å². The van der Waals surface area contributed by atoms with E-state index in [1.54, 1.807) is 4.68 Å². The minimum absolute atomic E-state index is 0.537. The first-order valence-corrected chi connectivity index (χ1v) is 7.26. The van der Waals surface area contributed by atoms with Gasteiger partial charge in [0.25, 0.3) is 0 Å². The molecule has 5 nitrogen and oxygen atoms in total. The molecule has 110 valence electrons. The highest BCUT2D eigenvalue weighted by Gasteiger charge is 2.15. The van der Waals surface area contributed by atoms with Crippen molar-refractivity contribution in [3.63, 3.8) is 0 Å². The summed E-state index contributed by atoms with van der Waals surface area (Å²) in [5.74, 6) is 1.52. The van der Waals surface area contributed by atoms with Crippen LogP contribution in [0, 0.1) is 5.92 Å². The summed E-state index contributed by atoms with van der Waals surface area (Å²) in [5.41, 5.74) is 10.0. The maximum Gasteiger partial charge on any atom is 0.144 e. The molecular formula is C16H21N5. The number of benzene rings is 1. The van der Waals surface area contributed by atoms with Crippen molar-refractivity contribution in [1.29, 1.82) is 0 Å². The lowest BCUT2D eigenvalue weighted by Crippen LogP contribution is -2.06. The van der Waals surface area contributed by atoms with Gasteiger partial charge in [0.1, 0.15) is 5.82 Å². The predicted molar refractivity (Wildman–Crippen MR) is 84.7 cm³/mol. The topological polar surface area (TPSA) is 61.7 Å². The number of fused-ring (bicyclic) bond motifs is 1. The van der Waals surface area contributed by atoms with Gasteiger partial charge >= 0.3 is 0 Å². The molecule has 3 rings (SSSR count). The van der Waals surface area contributed by atoms with Gasteiger partial charge in [0.15, 0.2) is 0 Å². The van der Waals surface area contributed by atoms with Crippen molar-refractivity contribution >= 4 is 11.0 Å². The summed E-state index contributed by atoms with van der Waals surface area (Å²) in [6.07, 6.45) is 3.86. The Kier molecular flexibility index (Phi) is 3.51. The van der Waals surface area contributed by atoms with Crippen LogP contribution >= 0.6 is 0 Å². The van der Waals surface area contributed by atoms with Crippen LogP contribution in [-0.4, -0.2) is 19.3 Å². The van der Waals surface area contributed by atoms with Crippen molar-refractivity contribution in [2.24, 2.45) is 18.7 Å². The van der Waals surface area contributed by atoms with Crippen molar-refractivity contribution in [3.8, 4) is 11.4 Å². The molecular weight excluding hydrogens is 262 g/mol. The maximum atomic E-state index is 5.73. The highest BCUT2D eigenvalue weighted by atomic mass is 15.2. The highest BCUT2D eigenvalue weighted by Crippen LogP contribution is 2.26. The molecule has 0 radical (unpaired) electrons. The molecule has 0 spiro atoms. The Morgan fingerprint density at radius 2 is 2.10 bits per heavy atom. The summed E-state index contributed by atoms with van der Waals surface area (Å²) in [6, 6.07) is 6.27. The summed E-state index contributed by atoms with van der Waals surface area (Å²) in [6.45, 7) is 5.90. The summed E-state index contributed by atoms with van der Waals surface area (Å²) >= 11 is 0. The fraction of sp³-hybridized carbons (Fsp3) is 0.375. The van der Waals surface area contributed by atoms with Crippen LogP contribution in [0.5, 0.6) is 0 Å². The Balaban J connectivity index is 2.21. The van der Waals surface area contributed by atoms with E-state index in [0.717, 1.165) is 34.5 Å². The van der Waals surface area contributed by atoms with Crippen LogP contribution in [0.3, 0.4) is 0 Å². The van der Waals surface area contributed by atoms with Gasteiger partial charge in [-0.3, -0.25) is 4.68 Å². The Labute approximate surface area is 124 Å². The molecule has 0 aliphatic heterocycles. The Morgan fingerprint density at radius 1 is 1.29 bits per heavy atom. The van der Waals surface area contributed by atoms with E-state index in [4.69, 9.17) is 10.7 Å². The third-order valence-electron chi connectivity index (χ3n) is 3.56. The lowest BCUT2D eigenvalue weighted by Gasteiger charge is -2.11. The number of aromatic nitrogens is 4. The van der Waals surface area contributed by atoms with Crippen LogP contribution in [0.4, 0.5) is 0 Å². The fourth-order valence-electron chi connectivity index (χ4n) is 2.61. The van der Waals surface area contributed by atoms with E-state index in [0.29, 0.717) is 12.5 Å². The average Bonchev–Trinajstić information content (AvgIpc) is 3.02. The Morgan fingerprint density at radius 3 is 2.71 bits per heavy atom. The monoisotopic (exact) mass is 283 g/mol. The van der Waals surface area contributed by atoms with Crippen LogP contribution in [-0.2, 0) is 20.1 Å². The Bertz CT molecular complexity index is 766. The van der Waals surface area contributed by atoms with Gasteiger partial charge in [-0.15, -0.1) is 0 Å². The molecule has 0 saturated heterocycles. The zero-order chi connectivity index (χ0) is 15.0. The average molecular weight is 283 g/mol. The molecule has 2 aromatic heterocycles. The quantitative estimate of drug-likeness (QED) is 0.800. The van der Waals surface area contributed by atoms with Gasteiger partial charge in [-0.05, 0) is 23.6 Å². The standard InChI is InChI=1S/C16H21N5/c1-11(2)9-21-15-5-4-12(7-17)6-14(15)19-16(21)13-8-18-20(3)10-13/h4-6,8,10-11H,7,9,17H2,1-3H3. The van der Waals surface area contributed by atoms with E-state index in [1.807, 2.05) is 19.4 Å². The minimum Gasteiger partial charge on any atom is -0.326 e. The number of nitrogens with zero attached hydrogens (tertiary/aromatic N) is 4. The normalized spacial score (nSPS) is 11.7. The molecule has 0 amide bonds. The second-order valence-corrected chi connectivity index (χ2v) is 5.87. The van der Waals surface area contributed by atoms with E-state index < -0.39 is 0 Å². The van der Waals surface area contributed by atoms with Crippen LogP contribution in [0.1, 0.15) is 19.4 Å². The van der Waals surface area contributed by atoms with Crippen LogP contribution < -0.4 is 5.73 Å². The van der Waals surface area contributed by atoms with Crippen LogP contribution in [0.15, 0.2) is 30.6 Å². The van der Waals surface area contributed by atoms with Gasteiger partial charge < -0.3 is 10.3 Å². The molecule has 2 N–H and O–H groups in total. The smallest absolute Gasteiger partial charge is 0.144 e. The molecule has 0 unspecified atom stereocenters. The van der Waals surface area contributed by atoms with Gasteiger partial charge in [-0.2, -0.15) is 5.10 Å². The third-order valence-corrected chi connectivity index (χ3v) is 3.56. The van der Waals surface area contributed by atoms with Crippen molar-refractivity contribution < 1.29 is 0 Å². The number of hydrogen-bond donors (Lipinski definition) is 1. The molecule has 2 heterocycles. The van der Waals surface area contributed by atoms with Gasteiger partial charge in [-0.1, -0.05) is 19.9 Å². The molecule has 0 bridgehead atoms. The second-order valence-electron chi connectivity index (χ2n) is 5.87. The summed E-state index contributed by atoms with van der Waals surface area (Å²) in [7, 11) is 1.92. The summed E-state index contributed by atoms with van der Waals surface area (Å²) in [5, 5.41) is 4.26. The van der Waals surface area contributed by atoms with Crippen molar-refractivity contribution in [3.05, 3.63) is 36.2 Å². The maximum absolute atomic E-state index is 5.73. The molecule has 21 heavy (non-hydrogen) atoms. The lowest BCUT2D eigenvalue weighted by molar-refractivity contribution is 0.536. The molecule has 5 heteroatoms. The van der Waals surface area contributed by atoms with E-state index in [2.05, 4.69) is 41.7 Å². The SMILES string of the molecule is CC(C)Cn1c(-c2cnn(C)c2)nc2cc(CN)ccc21. The molecule has 1 aromatic carbocycles. The molecule has 0 fully saturated rings. The zero-order valence-electron chi connectivity index (χ0n) is 12.7. The van der Waals surface area contributed by atoms with Crippen LogP contribution in [0.25, 0.3) is 22.4 Å². The van der Waals surface area contributed by atoms with Gasteiger partial charge in [0.05, 0.1) is 22.8 Å². The number of imidazole rings is 1. The van der Waals surface area contributed by atoms with Gasteiger partial charge in [-0.25, -0.2) is 4.98 Å². The predicted octanol–water partition coefficient (Wildman–Crippen LogP) is 2.55. The minimum atomic E-state index is 0.537. The molecule has 0 saturated carbocycles. The van der Waals surface area contributed by atoms with Crippen LogP contribution in [0.2, 0.25) is 0 Å². The number of hydrogen-bond acceptors (Lipinski definition) is 3. The first kappa shape index (κ1) is 13.8. The van der Waals surface area contributed by atoms with E-state index in [9.17, 15) is 0 Å². The third kappa shape index (κ3) is 2.56. The first-order chi connectivity index (χ1) is 10.1. The van der Waals surface area contributed by atoms with Crippen molar-refractivity contribution in [2.45, 2.75) is 26.9 Å². The van der Waals surface area contributed by atoms with Crippen molar-refractivity contribution in [2.75, 3.05) is 0 Å². The molecule has 0 aliphatic rings. The van der Waals surface area contributed by atoms with E-state index in [-0.39, 0.29) is 0 Å². The Hall–Kier alpha value is -2.14. The largest absolute Gasteiger partial charge is 0.326 e. The van der Waals surface area contributed by atoms with E-state index in [1.165, 1.54) is 0 Å². The molecule has 3 aromatic rings. The zero-order valence-corrected chi connectivity index (χ0v) is 12.7. The second kappa shape index (κ2) is 5.33. The summed E-state index contributed by atoms with van der Waals surface area (Å²) in [4.78, 5) is 4.81. The van der Waals surface area contributed by atoms with Crippen molar-refractivity contribution in [1.82, 2.24) is 19.3 Å². The summed E-state index contributed by atoms with van der Waals surface area (Å²) < 4.78 is 4.08. The number of aryl methyl sites for hydroxylation is 1.